The minimum atomic E-state index is -3.37. The second-order valence-electron chi connectivity index (χ2n) is 5.24. The summed E-state index contributed by atoms with van der Waals surface area (Å²) in [7, 11) is -3.37. The fourth-order valence-corrected chi connectivity index (χ4v) is 2.94. The molecule has 0 amide bonds. The monoisotopic (exact) mass is 298 g/mol. The van der Waals surface area contributed by atoms with E-state index in [2.05, 4.69) is 30.8 Å². The number of benzene rings is 1. The van der Waals surface area contributed by atoms with E-state index in [9.17, 15) is 8.42 Å². The van der Waals surface area contributed by atoms with Crippen molar-refractivity contribution >= 4 is 15.7 Å². The Hall–Kier alpha value is -1.07. The largest absolute Gasteiger partial charge is 0.382 e. The van der Waals surface area contributed by atoms with Crippen LogP contribution in [0, 0.1) is 5.92 Å². The number of rotatable bonds is 8. The SMILES string of the molecule is CCCNS(=O)(=O)c1ccc(NC(C)C(C)CC)cc1. The Bertz CT molecular complexity index is 497. The number of hydrogen-bond donors (Lipinski definition) is 2. The molecule has 114 valence electrons. The molecule has 0 heterocycles. The Morgan fingerprint density at radius 1 is 1.10 bits per heavy atom. The first-order valence-electron chi connectivity index (χ1n) is 7.27. The van der Waals surface area contributed by atoms with Crippen LogP contribution in [0.4, 0.5) is 5.69 Å². The van der Waals surface area contributed by atoms with Gasteiger partial charge in [-0.25, -0.2) is 13.1 Å². The molecule has 1 aromatic rings. The van der Waals surface area contributed by atoms with Crippen LogP contribution in [0.2, 0.25) is 0 Å². The first-order valence-corrected chi connectivity index (χ1v) is 8.75. The maximum atomic E-state index is 11.9. The quantitative estimate of drug-likeness (QED) is 0.774. The van der Waals surface area contributed by atoms with E-state index in [1.165, 1.54) is 0 Å². The van der Waals surface area contributed by atoms with Crippen LogP contribution in [0.15, 0.2) is 29.2 Å². The maximum absolute atomic E-state index is 11.9. The van der Waals surface area contributed by atoms with Crippen molar-refractivity contribution in [1.82, 2.24) is 4.72 Å². The minimum Gasteiger partial charge on any atom is -0.382 e. The number of hydrogen-bond acceptors (Lipinski definition) is 3. The highest BCUT2D eigenvalue weighted by Gasteiger charge is 2.13. The van der Waals surface area contributed by atoms with Gasteiger partial charge in [0.05, 0.1) is 4.90 Å². The summed E-state index contributed by atoms with van der Waals surface area (Å²) in [5, 5.41) is 3.40. The van der Waals surface area contributed by atoms with Gasteiger partial charge in [-0.2, -0.15) is 0 Å². The van der Waals surface area contributed by atoms with Gasteiger partial charge in [-0.3, -0.25) is 0 Å². The maximum Gasteiger partial charge on any atom is 0.240 e. The van der Waals surface area contributed by atoms with Gasteiger partial charge in [0.1, 0.15) is 0 Å². The molecule has 0 aliphatic rings. The van der Waals surface area contributed by atoms with Crippen molar-refractivity contribution in [2.24, 2.45) is 5.92 Å². The van der Waals surface area contributed by atoms with Crippen LogP contribution in [0.25, 0.3) is 0 Å². The van der Waals surface area contributed by atoms with Crippen molar-refractivity contribution in [3.63, 3.8) is 0 Å². The number of sulfonamides is 1. The molecule has 20 heavy (non-hydrogen) atoms. The highest BCUT2D eigenvalue weighted by atomic mass is 32.2. The van der Waals surface area contributed by atoms with E-state index in [1.807, 2.05) is 19.1 Å². The van der Waals surface area contributed by atoms with Crippen molar-refractivity contribution in [2.45, 2.75) is 51.5 Å². The molecule has 0 bridgehead atoms. The Morgan fingerprint density at radius 3 is 2.20 bits per heavy atom. The van der Waals surface area contributed by atoms with Gasteiger partial charge < -0.3 is 5.32 Å². The molecule has 0 radical (unpaired) electrons. The molecule has 0 spiro atoms. The van der Waals surface area contributed by atoms with E-state index in [4.69, 9.17) is 0 Å². The third kappa shape index (κ3) is 4.80. The highest BCUT2D eigenvalue weighted by molar-refractivity contribution is 7.89. The van der Waals surface area contributed by atoms with Gasteiger partial charge in [0.2, 0.25) is 10.0 Å². The molecule has 1 rings (SSSR count). The van der Waals surface area contributed by atoms with Crippen LogP contribution in [0.1, 0.15) is 40.5 Å². The van der Waals surface area contributed by atoms with E-state index in [-0.39, 0.29) is 0 Å². The normalized spacial score (nSPS) is 14.8. The van der Waals surface area contributed by atoms with Crippen LogP contribution in [0.5, 0.6) is 0 Å². The molecule has 4 nitrogen and oxygen atoms in total. The van der Waals surface area contributed by atoms with Crippen molar-refractivity contribution in [3.05, 3.63) is 24.3 Å². The van der Waals surface area contributed by atoms with E-state index < -0.39 is 10.0 Å². The first-order chi connectivity index (χ1) is 9.40. The van der Waals surface area contributed by atoms with Gasteiger partial charge in [0.15, 0.2) is 0 Å². The minimum absolute atomic E-state index is 0.313. The van der Waals surface area contributed by atoms with Crippen molar-refractivity contribution < 1.29 is 8.42 Å². The molecule has 0 fully saturated rings. The van der Waals surface area contributed by atoms with Gasteiger partial charge >= 0.3 is 0 Å². The fourth-order valence-electron chi connectivity index (χ4n) is 1.81. The molecule has 2 unspecified atom stereocenters. The zero-order valence-corrected chi connectivity index (χ0v) is 13.6. The van der Waals surface area contributed by atoms with Crippen LogP contribution in [-0.4, -0.2) is 21.0 Å². The number of nitrogens with one attached hydrogen (secondary N) is 2. The van der Waals surface area contributed by atoms with Crippen LogP contribution in [-0.2, 0) is 10.0 Å². The van der Waals surface area contributed by atoms with Gasteiger partial charge in [-0.15, -0.1) is 0 Å². The lowest BCUT2D eigenvalue weighted by Crippen LogP contribution is -2.25. The van der Waals surface area contributed by atoms with Crippen molar-refractivity contribution in [1.29, 1.82) is 0 Å². The molecule has 5 heteroatoms. The second kappa shape index (κ2) is 7.64. The fraction of sp³-hybridized carbons (Fsp3) is 0.600. The molecule has 2 atom stereocenters. The highest BCUT2D eigenvalue weighted by Crippen LogP contribution is 2.17. The zero-order chi connectivity index (χ0) is 15.2. The summed E-state index contributed by atoms with van der Waals surface area (Å²) in [5.74, 6) is 0.574. The predicted octanol–water partition coefficient (Wildman–Crippen LogP) is 3.22. The summed E-state index contributed by atoms with van der Waals surface area (Å²) in [5.41, 5.74) is 0.951. The summed E-state index contributed by atoms with van der Waals surface area (Å²) in [4.78, 5) is 0.313. The Labute approximate surface area is 123 Å². The second-order valence-corrected chi connectivity index (χ2v) is 7.01. The van der Waals surface area contributed by atoms with E-state index in [0.29, 0.717) is 23.4 Å². The lowest BCUT2D eigenvalue weighted by Gasteiger charge is -2.21. The molecule has 0 saturated heterocycles. The van der Waals surface area contributed by atoms with Crippen LogP contribution in [0.3, 0.4) is 0 Å². The molecule has 2 N–H and O–H groups in total. The van der Waals surface area contributed by atoms with E-state index >= 15 is 0 Å². The Morgan fingerprint density at radius 2 is 1.70 bits per heavy atom. The van der Waals surface area contributed by atoms with Crippen LogP contribution < -0.4 is 10.0 Å². The van der Waals surface area contributed by atoms with Crippen LogP contribution >= 0.6 is 0 Å². The molecule has 1 aromatic carbocycles. The molecule has 0 saturated carbocycles. The van der Waals surface area contributed by atoms with Gasteiger partial charge in [-0.05, 0) is 43.5 Å². The summed E-state index contributed by atoms with van der Waals surface area (Å²) >= 11 is 0. The summed E-state index contributed by atoms with van der Waals surface area (Å²) < 4.78 is 26.5. The third-order valence-electron chi connectivity index (χ3n) is 3.60. The van der Waals surface area contributed by atoms with Crippen molar-refractivity contribution in [2.75, 3.05) is 11.9 Å². The third-order valence-corrected chi connectivity index (χ3v) is 5.08. The standard InChI is InChI=1S/C15H26N2O2S/c1-5-11-16-20(18,19)15-9-7-14(8-10-15)17-13(4)12(3)6-2/h7-10,12-13,16-17H,5-6,11H2,1-4H3. The van der Waals surface area contributed by atoms with E-state index in [1.54, 1.807) is 12.1 Å². The van der Waals surface area contributed by atoms with Crippen molar-refractivity contribution in [3.8, 4) is 0 Å². The number of anilines is 1. The van der Waals surface area contributed by atoms with Gasteiger partial charge in [0, 0.05) is 18.3 Å². The predicted molar refractivity (Wildman–Crippen MR) is 84.5 cm³/mol. The lowest BCUT2D eigenvalue weighted by molar-refractivity contribution is 0.494. The topological polar surface area (TPSA) is 58.2 Å². The molecular formula is C15H26N2O2S. The first kappa shape index (κ1) is 17.0. The molecule has 0 aromatic heterocycles. The summed E-state index contributed by atoms with van der Waals surface area (Å²) in [6.45, 7) is 8.91. The molecule has 0 aliphatic heterocycles. The smallest absolute Gasteiger partial charge is 0.240 e. The molecule has 0 aliphatic carbocycles. The van der Waals surface area contributed by atoms with Gasteiger partial charge in [-0.1, -0.05) is 27.2 Å². The average molecular weight is 298 g/mol. The lowest BCUT2D eigenvalue weighted by atomic mass is 10.0. The summed E-state index contributed by atoms with van der Waals surface area (Å²) in [6, 6.07) is 7.28. The Balaban J connectivity index is 2.74. The Kier molecular flexibility index (Phi) is 6.49. The van der Waals surface area contributed by atoms with Gasteiger partial charge in [0.25, 0.3) is 0 Å². The van der Waals surface area contributed by atoms with E-state index in [0.717, 1.165) is 18.5 Å². The zero-order valence-electron chi connectivity index (χ0n) is 12.8. The molecular weight excluding hydrogens is 272 g/mol. The average Bonchev–Trinajstić information content (AvgIpc) is 2.44. The summed E-state index contributed by atoms with van der Waals surface area (Å²) in [6.07, 6.45) is 1.90.